The largest absolute Gasteiger partial charge is 0.430 e. The number of halogens is 1. The quantitative estimate of drug-likeness (QED) is 0.630. The summed E-state index contributed by atoms with van der Waals surface area (Å²) in [7, 11) is 0. The number of ether oxygens (including phenoxy) is 1. The van der Waals surface area contributed by atoms with Crippen molar-refractivity contribution in [2.45, 2.75) is 32.6 Å². The van der Waals surface area contributed by atoms with Crippen LogP contribution in [0, 0.1) is 0 Å². The minimum absolute atomic E-state index is 0.0200. The van der Waals surface area contributed by atoms with Gasteiger partial charge in [0.15, 0.2) is 0 Å². The van der Waals surface area contributed by atoms with Crippen LogP contribution in [0.15, 0.2) is 53.0 Å². The first-order valence-electron chi connectivity index (χ1n) is 10.2. The van der Waals surface area contributed by atoms with Crippen LogP contribution in [-0.2, 0) is 9.53 Å². The summed E-state index contributed by atoms with van der Waals surface area (Å²) in [6, 6.07) is -3.22. The number of rotatable bonds is 1. The second-order valence-corrected chi connectivity index (χ2v) is 4.58. The molecule has 1 aliphatic heterocycles. The van der Waals surface area contributed by atoms with Gasteiger partial charge in [-0.3, -0.25) is 4.79 Å². The molecule has 0 N–H and O–H groups in total. The number of esters is 1. The average molecular weight is 354 g/mol. The van der Waals surface area contributed by atoms with E-state index >= 15 is 0 Å². The maximum Gasteiger partial charge on any atom is 0.318 e. The second-order valence-electron chi connectivity index (χ2n) is 4.13. The molecule has 0 unspecified atom stereocenters. The van der Waals surface area contributed by atoms with Crippen molar-refractivity contribution >= 4 is 32.7 Å². The average Bonchev–Trinajstić information content (AvgIpc) is 2.70. The van der Waals surface area contributed by atoms with Crippen molar-refractivity contribution in [2.24, 2.45) is 0 Å². The third-order valence-electron chi connectivity index (χ3n) is 3.01. The number of carbonyl (C=O) groups is 1. The standard InChI is InChI=1S/C16H13BrO2.C2H6/c17-10-12-8-9-15(16(18)19-12)14-7-3-5-11-4-1-2-6-13(11)14;1-2/h1-7,10,15H,8-9H2;1-2H3/b12-10+;/t15-;/m1./s1/i1D,2D,3D,4D,5D,6D,7D;. The zero-order valence-electron chi connectivity index (χ0n) is 18.8. The molecule has 1 aliphatic rings. The highest BCUT2D eigenvalue weighted by atomic mass is 79.9. The van der Waals surface area contributed by atoms with E-state index in [1.807, 2.05) is 13.8 Å². The fourth-order valence-corrected chi connectivity index (χ4v) is 2.41. The van der Waals surface area contributed by atoms with Crippen LogP contribution < -0.4 is 0 Å². The first-order valence-corrected chi connectivity index (χ1v) is 7.62. The summed E-state index contributed by atoms with van der Waals surface area (Å²) in [4.78, 5) is 13.9. The highest BCUT2D eigenvalue weighted by Gasteiger charge is 2.29. The van der Waals surface area contributed by atoms with Gasteiger partial charge in [-0.15, -0.1) is 0 Å². The van der Waals surface area contributed by atoms with Crippen LogP contribution in [-0.4, -0.2) is 5.97 Å². The molecule has 0 amide bonds. The molecule has 2 aromatic rings. The third-order valence-corrected chi connectivity index (χ3v) is 3.52. The van der Waals surface area contributed by atoms with Gasteiger partial charge in [0.25, 0.3) is 0 Å². The number of hydrogen-bond acceptors (Lipinski definition) is 2. The molecule has 3 heteroatoms. The molecule has 21 heavy (non-hydrogen) atoms. The van der Waals surface area contributed by atoms with E-state index in [1.165, 1.54) is 4.99 Å². The predicted octanol–water partition coefficient (Wildman–Crippen LogP) is 5.52. The number of cyclic esters (lactones) is 1. The molecule has 2 nitrogen and oxygen atoms in total. The van der Waals surface area contributed by atoms with Crippen molar-refractivity contribution in [3.63, 3.8) is 0 Å². The Morgan fingerprint density at radius 1 is 1.24 bits per heavy atom. The Balaban J connectivity index is 0.00000136. The van der Waals surface area contributed by atoms with E-state index in [-0.39, 0.29) is 28.8 Å². The normalized spacial score (nSPS) is 24.5. The van der Waals surface area contributed by atoms with Gasteiger partial charge in [0.05, 0.1) is 15.5 Å². The lowest BCUT2D eigenvalue weighted by Gasteiger charge is -2.23. The maximum absolute atomic E-state index is 12.4. The van der Waals surface area contributed by atoms with E-state index in [9.17, 15) is 4.79 Å². The molecule has 0 spiro atoms. The highest BCUT2D eigenvalue weighted by Crippen LogP contribution is 2.35. The maximum atomic E-state index is 12.4. The minimum atomic E-state index is -0.939. The van der Waals surface area contributed by atoms with Gasteiger partial charge in [0, 0.05) is 11.4 Å². The third kappa shape index (κ3) is 3.35. The molecule has 110 valence electrons. The van der Waals surface area contributed by atoms with Gasteiger partial charge < -0.3 is 4.74 Å². The SMILES string of the molecule is CC.[2H]c1c([2H])c([2H])c2c([C@H]3CC/C(=C\Br)OC3=O)c([2H])c([2H])c([2H])c2c1[2H]. The smallest absolute Gasteiger partial charge is 0.318 e. The Morgan fingerprint density at radius 3 is 2.67 bits per heavy atom. The zero-order chi connectivity index (χ0) is 21.3. The second kappa shape index (κ2) is 7.41. The monoisotopic (exact) mass is 353 g/mol. The van der Waals surface area contributed by atoms with E-state index in [4.69, 9.17) is 14.3 Å². The lowest BCUT2D eigenvalue weighted by Crippen LogP contribution is -2.21. The van der Waals surface area contributed by atoms with Crippen molar-refractivity contribution in [1.29, 1.82) is 0 Å². The van der Waals surface area contributed by atoms with E-state index in [2.05, 4.69) is 15.9 Å². The summed E-state index contributed by atoms with van der Waals surface area (Å²) in [5, 5.41) is -0.211. The van der Waals surface area contributed by atoms with Crippen LogP contribution >= 0.6 is 15.9 Å². The van der Waals surface area contributed by atoms with Crippen molar-refractivity contribution in [3.05, 3.63) is 58.6 Å². The van der Waals surface area contributed by atoms with Gasteiger partial charge in [0.1, 0.15) is 5.76 Å². The predicted molar refractivity (Wildman–Crippen MR) is 90.4 cm³/mol. The van der Waals surface area contributed by atoms with Crippen LogP contribution in [0.3, 0.4) is 0 Å². The summed E-state index contributed by atoms with van der Waals surface area (Å²) < 4.78 is 61.5. The van der Waals surface area contributed by atoms with Crippen molar-refractivity contribution in [2.75, 3.05) is 0 Å². The molecular formula is C18H19BrO2. The van der Waals surface area contributed by atoms with E-state index < -0.39 is 48.1 Å². The van der Waals surface area contributed by atoms with E-state index in [0.717, 1.165) is 0 Å². The molecule has 1 heterocycles. The molecule has 1 fully saturated rings. The van der Waals surface area contributed by atoms with Crippen LogP contribution in [0.2, 0.25) is 0 Å². The summed E-state index contributed by atoms with van der Waals surface area (Å²) in [6.07, 6.45) is 0.667. The van der Waals surface area contributed by atoms with Crippen LogP contribution in [0.4, 0.5) is 0 Å². The number of allylic oxidation sites excluding steroid dienone is 1. The fourth-order valence-electron chi connectivity index (χ4n) is 2.09. The molecule has 0 aliphatic carbocycles. The summed E-state index contributed by atoms with van der Waals surface area (Å²) in [5.74, 6) is -1.17. The molecular weight excluding hydrogens is 328 g/mol. The summed E-state index contributed by atoms with van der Waals surface area (Å²) >= 11 is 3.10. The lowest BCUT2D eigenvalue weighted by molar-refractivity contribution is -0.143. The Labute approximate surface area is 143 Å². The first kappa shape index (κ1) is 8.74. The van der Waals surface area contributed by atoms with Crippen LogP contribution in [0.1, 0.15) is 47.8 Å². The van der Waals surface area contributed by atoms with Crippen molar-refractivity contribution < 1.29 is 19.1 Å². The van der Waals surface area contributed by atoms with E-state index in [0.29, 0.717) is 12.2 Å². The van der Waals surface area contributed by atoms with Gasteiger partial charge in [-0.2, -0.15) is 0 Å². The van der Waals surface area contributed by atoms with Crippen molar-refractivity contribution in [3.8, 4) is 0 Å². The number of benzene rings is 2. The van der Waals surface area contributed by atoms with Crippen molar-refractivity contribution in [1.82, 2.24) is 0 Å². The molecule has 1 atom stereocenters. The fraction of sp³-hybridized carbons (Fsp3) is 0.278. The Hall–Kier alpha value is -1.61. The Morgan fingerprint density at radius 2 is 1.95 bits per heavy atom. The number of fused-ring (bicyclic) bond motifs is 1. The van der Waals surface area contributed by atoms with Crippen LogP contribution in [0.25, 0.3) is 10.8 Å². The molecule has 0 radical (unpaired) electrons. The molecule has 2 aromatic carbocycles. The van der Waals surface area contributed by atoms with Gasteiger partial charge in [-0.05, 0) is 22.8 Å². The summed E-state index contributed by atoms with van der Waals surface area (Å²) in [5.41, 5.74) is 0.0200. The molecule has 0 saturated carbocycles. The molecule has 0 aromatic heterocycles. The van der Waals surface area contributed by atoms with E-state index in [1.54, 1.807) is 0 Å². The van der Waals surface area contributed by atoms with Crippen LogP contribution in [0.5, 0.6) is 0 Å². The number of hydrogen-bond donors (Lipinski definition) is 0. The number of carbonyl (C=O) groups excluding carboxylic acids is 1. The topological polar surface area (TPSA) is 26.3 Å². The Kier molecular flexibility index (Phi) is 3.09. The molecule has 0 bridgehead atoms. The summed E-state index contributed by atoms with van der Waals surface area (Å²) in [6.45, 7) is 4.00. The van der Waals surface area contributed by atoms with Gasteiger partial charge >= 0.3 is 5.97 Å². The molecule has 1 saturated heterocycles. The first-order chi connectivity index (χ1) is 13.2. The minimum Gasteiger partial charge on any atom is -0.430 e. The zero-order valence-corrected chi connectivity index (χ0v) is 13.3. The Bertz CT molecular complexity index is 980. The van der Waals surface area contributed by atoms with Gasteiger partial charge in [-0.1, -0.05) is 72.1 Å². The van der Waals surface area contributed by atoms with Gasteiger partial charge in [-0.25, -0.2) is 0 Å². The lowest BCUT2D eigenvalue weighted by atomic mass is 9.88. The highest BCUT2D eigenvalue weighted by molar-refractivity contribution is 9.11. The van der Waals surface area contributed by atoms with Gasteiger partial charge in [0.2, 0.25) is 0 Å². The molecule has 3 rings (SSSR count).